The first-order chi connectivity index (χ1) is 13.2. The van der Waals surface area contributed by atoms with Crippen molar-refractivity contribution < 1.29 is 14.6 Å². The third-order valence-corrected chi connectivity index (χ3v) is 4.19. The molecule has 0 fully saturated rings. The number of aromatic nitrogens is 1. The summed E-state index contributed by atoms with van der Waals surface area (Å²) in [5, 5.41) is 13.2. The predicted octanol–water partition coefficient (Wildman–Crippen LogP) is 3.48. The van der Waals surface area contributed by atoms with E-state index in [0.29, 0.717) is 30.3 Å². The van der Waals surface area contributed by atoms with Crippen molar-refractivity contribution in [1.82, 2.24) is 4.98 Å². The van der Waals surface area contributed by atoms with Crippen LogP contribution in [-0.2, 0) is 4.74 Å². The van der Waals surface area contributed by atoms with Crippen LogP contribution in [0.3, 0.4) is 0 Å². The molecule has 0 atom stereocenters. The molecular weight excluding hydrogens is 342 g/mol. The van der Waals surface area contributed by atoms with E-state index in [-0.39, 0.29) is 11.3 Å². The van der Waals surface area contributed by atoms with Crippen LogP contribution in [0.2, 0.25) is 0 Å². The Balaban J connectivity index is 1.59. The number of nitrogens with zero attached hydrogens (tertiary/aromatic N) is 2. The van der Waals surface area contributed by atoms with E-state index in [1.807, 2.05) is 36.4 Å². The lowest BCUT2D eigenvalue weighted by Crippen LogP contribution is -2.15. The number of amides is 1. The van der Waals surface area contributed by atoms with Gasteiger partial charge < -0.3 is 15.2 Å². The maximum atomic E-state index is 12.7. The summed E-state index contributed by atoms with van der Waals surface area (Å²) in [4.78, 5) is 21.2. The quantitative estimate of drug-likeness (QED) is 0.747. The minimum atomic E-state index is -0.411. The van der Waals surface area contributed by atoms with Gasteiger partial charge in [0.05, 0.1) is 29.1 Å². The Morgan fingerprint density at radius 2 is 1.93 bits per heavy atom. The molecule has 1 aliphatic heterocycles. The molecule has 6 heteroatoms. The van der Waals surface area contributed by atoms with Gasteiger partial charge in [0.25, 0.3) is 5.91 Å². The normalized spacial score (nSPS) is 13.0. The van der Waals surface area contributed by atoms with Crippen molar-refractivity contribution in [1.29, 1.82) is 0 Å². The van der Waals surface area contributed by atoms with Gasteiger partial charge in [-0.25, -0.2) is 4.99 Å². The monoisotopic (exact) mass is 359 g/mol. The molecule has 1 aromatic heterocycles. The zero-order chi connectivity index (χ0) is 18.6. The van der Waals surface area contributed by atoms with Crippen LogP contribution >= 0.6 is 0 Å². The van der Waals surface area contributed by atoms with Crippen LogP contribution in [0.1, 0.15) is 15.9 Å². The van der Waals surface area contributed by atoms with Gasteiger partial charge in [0.15, 0.2) is 0 Å². The molecule has 4 rings (SSSR count). The van der Waals surface area contributed by atoms with E-state index < -0.39 is 5.91 Å². The molecule has 0 bridgehead atoms. The Morgan fingerprint density at radius 1 is 1.07 bits per heavy atom. The molecule has 1 aliphatic rings. The number of rotatable bonds is 4. The van der Waals surface area contributed by atoms with Crippen molar-refractivity contribution in [2.24, 2.45) is 4.99 Å². The van der Waals surface area contributed by atoms with Crippen molar-refractivity contribution in [3.63, 3.8) is 0 Å². The maximum Gasteiger partial charge on any atom is 0.259 e. The van der Waals surface area contributed by atoms with E-state index in [1.54, 1.807) is 24.4 Å². The van der Waals surface area contributed by atoms with E-state index in [9.17, 15) is 9.90 Å². The van der Waals surface area contributed by atoms with Gasteiger partial charge in [-0.3, -0.25) is 9.78 Å². The van der Waals surface area contributed by atoms with Gasteiger partial charge in [-0.15, -0.1) is 0 Å². The number of pyridine rings is 1. The fraction of sp³-hybridized carbons (Fsp3) is 0.0952. The number of phenolic OH excluding ortho intramolecular Hbond substituents is 1. The van der Waals surface area contributed by atoms with Crippen LogP contribution in [0.15, 0.2) is 71.9 Å². The maximum absolute atomic E-state index is 12.7. The van der Waals surface area contributed by atoms with Crippen LogP contribution in [0, 0.1) is 0 Å². The second-order valence-corrected chi connectivity index (χ2v) is 5.98. The summed E-state index contributed by atoms with van der Waals surface area (Å²) in [6.07, 6.45) is 1.68. The Hall–Kier alpha value is -3.67. The number of aromatic hydroxyl groups is 1. The molecule has 0 spiro atoms. The van der Waals surface area contributed by atoms with E-state index in [2.05, 4.69) is 15.3 Å². The molecule has 0 saturated carbocycles. The number of anilines is 1. The molecule has 3 aromatic rings. The smallest absolute Gasteiger partial charge is 0.259 e. The summed E-state index contributed by atoms with van der Waals surface area (Å²) in [5.41, 5.74) is 2.93. The first-order valence-corrected chi connectivity index (χ1v) is 8.55. The van der Waals surface area contributed by atoms with Gasteiger partial charge in [0, 0.05) is 11.8 Å². The van der Waals surface area contributed by atoms with Crippen LogP contribution < -0.4 is 5.32 Å². The molecular formula is C21H17N3O3. The molecule has 0 unspecified atom stereocenters. The van der Waals surface area contributed by atoms with Crippen molar-refractivity contribution in [2.75, 3.05) is 18.5 Å². The zero-order valence-electron chi connectivity index (χ0n) is 14.4. The molecule has 2 N–H and O–H groups in total. The number of benzene rings is 2. The molecule has 0 radical (unpaired) electrons. The van der Waals surface area contributed by atoms with Crippen LogP contribution in [0.4, 0.5) is 5.69 Å². The highest BCUT2D eigenvalue weighted by Crippen LogP contribution is 2.27. The highest BCUT2D eigenvalue weighted by molar-refractivity contribution is 6.10. The van der Waals surface area contributed by atoms with Crippen molar-refractivity contribution in [3.8, 4) is 17.0 Å². The van der Waals surface area contributed by atoms with Crippen molar-refractivity contribution in [3.05, 3.63) is 78.0 Å². The number of phenols is 1. The first kappa shape index (κ1) is 16.8. The standard InChI is InChI=1S/C21H17N3O3/c25-19-13-14(17-6-3-4-10-22-17)8-9-16(19)20(26)24-18-7-2-1-5-15(18)21-23-11-12-27-21/h1-10,13,25H,11-12H2,(H,24,26). The second-order valence-electron chi connectivity index (χ2n) is 5.98. The third kappa shape index (κ3) is 3.50. The van der Waals surface area contributed by atoms with E-state index in [0.717, 1.165) is 11.3 Å². The van der Waals surface area contributed by atoms with Crippen molar-refractivity contribution in [2.45, 2.75) is 0 Å². The summed E-state index contributed by atoms with van der Waals surface area (Å²) in [7, 11) is 0. The highest BCUT2D eigenvalue weighted by atomic mass is 16.5. The second kappa shape index (κ2) is 7.29. The summed E-state index contributed by atoms with van der Waals surface area (Å²) in [6.45, 7) is 1.14. The average molecular weight is 359 g/mol. The zero-order valence-corrected chi connectivity index (χ0v) is 14.4. The van der Waals surface area contributed by atoms with Crippen LogP contribution in [0.25, 0.3) is 11.3 Å². The SMILES string of the molecule is O=C(Nc1ccccc1C1=NCCO1)c1ccc(-c2ccccn2)cc1O. The lowest BCUT2D eigenvalue weighted by Gasteiger charge is -2.12. The van der Waals surface area contributed by atoms with Gasteiger partial charge in [-0.2, -0.15) is 0 Å². The lowest BCUT2D eigenvalue weighted by atomic mass is 10.1. The minimum Gasteiger partial charge on any atom is -0.507 e. The number of aliphatic imine (C=N–C) groups is 1. The number of ether oxygens (including phenoxy) is 1. The number of carbonyl (C=O) groups excluding carboxylic acids is 1. The third-order valence-electron chi connectivity index (χ3n) is 4.19. The van der Waals surface area contributed by atoms with Crippen LogP contribution in [-0.4, -0.2) is 35.0 Å². The van der Waals surface area contributed by atoms with E-state index >= 15 is 0 Å². The Labute approximate surface area is 156 Å². The largest absolute Gasteiger partial charge is 0.507 e. The summed E-state index contributed by atoms with van der Waals surface area (Å²) in [5.74, 6) is -0.00525. The molecule has 27 heavy (non-hydrogen) atoms. The number of nitrogens with one attached hydrogen (secondary N) is 1. The lowest BCUT2D eigenvalue weighted by molar-refractivity contribution is 0.102. The Kier molecular flexibility index (Phi) is 4.53. The number of hydrogen-bond acceptors (Lipinski definition) is 5. The molecule has 134 valence electrons. The molecule has 0 saturated heterocycles. The Morgan fingerprint density at radius 3 is 2.67 bits per heavy atom. The Bertz CT molecular complexity index is 1020. The molecule has 2 aromatic carbocycles. The molecule has 2 heterocycles. The summed E-state index contributed by atoms with van der Waals surface area (Å²) in [6, 6.07) is 17.7. The summed E-state index contributed by atoms with van der Waals surface area (Å²) >= 11 is 0. The number of hydrogen-bond donors (Lipinski definition) is 2. The molecule has 0 aliphatic carbocycles. The summed E-state index contributed by atoms with van der Waals surface area (Å²) < 4.78 is 5.50. The number of carbonyl (C=O) groups is 1. The number of para-hydroxylation sites is 1. The predicted molar refractivity (Wildman–Crippen MR) is 103 cm³/mol. The van der Waals surface area contributed by atoms with E-state index in [4.69, 9.17) is 4.74 Å². The highest BCUT2D eigenvalue weighted by Gasteiger charge is 2.18. The van der Waals surface area contributed by atoms with Crippen molar-refractivity contribution >= 4 is 17.5 Å². The molecule has 6 nitrogen and oxygen atoms in total. The van der Waals surface area contributed by atoms with E-state index in [1.165, 1.54) is 6.07 Å². The van der Waals surface area contributed by atoms with Crippen LogP contribution in [0.5, 0.6) is 5.75 Å². The van der Waals surface area contributed by atoms with Gasteiger partial charge in [-0.1, -0.05) is 24.3 Å². The topological polar surface area (TPSA) is 83.8 Å². The molecule has 1 amide bonds. The first-order valence-electron chi connectivity index (χ1n) is 8.55. The van der Waals surface area contributed by atoms with Gasteiger partial charge in [-0.05, 0) is 36.4 Å². The fourth-order valence-corrected chi connectivity index (χ4v) is 2.88. The van der Waals surface area contributed by atoms with Gasteiger partial charge in [0.1, 0.15) is 12.4 Å². The van der Waals surface area contributed by atoms with Gasteiger partial charge in [0.2, 0.25) is 5.90 Å². The average Bonchev–Trinajstić information content (AvgIpc) is 3.23. The fourth-order valence-electron chi connectivity index (χ4n) is 2.88. The van der Waals surface area contributed by atoms with Gasteiger partial charge >= 0.3 is 0 Å². The minimum absolute atomic E-state index is 0.109.